The molecule has 1 fully saturated rings. The second-order valence-corrected chi connectivity index (χ2v) is 6.39. The van der Waals surface area contributed by atoms with Crippen molar-refractivity contribution in [3.63, 3.8) is 0 Å². The zero-order chi connectivity index (χ0) is 17.5. The second kappa shape index (κ2) is 8.62. The number of pyridine rings is 1. The average Bonchev–Trinajstić information content (AvgIpc) is 2.63. The summed E-state index contributed by atoms with van der Waals surface area (Å²) in [5.41, 5.74) is 7.50. The molecule has 2 N–H and O–H groups in total. The molecule has 1 amide bonds. The molecule has 0 spiro atoms. The predicted molar refractivity (Wildman–Crippen MR) is 97.3 cm³/mol. The van der Waals surface area contributed by atoms with Crippen molar-refractivity contribution in [1.29, 1.82) is 0 Å². The molecule has 0 unspecified atom stereocenters. The summed E-state index contributed by atoms with van der Waals surface area (Å²) in [5.74, 6) is 1.00. The lowest BCUT2D eigenvalue weighted by Gasteiger charge is -2.32. The van der Waals surface area contributed by atoms with Gasteiger partial charge in [-0.1, -0.05) is 24.3 Å². The number of piperidine rings is 1. The number of carbonyl (C=O) groups is 1. The van der Waals surface area contributed by atoms with Crippen molar-refractivity contribution in [2.24, 2.45) is 5.73 Å². The fourth-order valence-corrected chi connectivity index (χ4v) is 3.38. The Bertz CT molecular complexity index is 682. The number of carbonyl (C=O) groups excluding carboxylic acids is 1. The Morgan fingerprint density at radius 2 is 2.04 bits per heavy atom. The first-order chi connectivity index (χ1) is 12.2. The lowest BCUT2D eigenvalue weighted by Crippen LogP contribution is -2.34. The summed E-state index contributed by atoms with van der Waals surface area (Å²) in [6, 6.07) is 11.8. The molecule has 0 bridgehead atoms. The molecule has 1 aromatic heterocycles. The molecule has 5 nitrogen and oxygen atoms in total. The summed E-state index contributed by atoms with van der Waals surface area (Å²) in [4.78, 5) is 17.7. The molecule has 2 heterocycles. The van der Waals surface area contributed by atoms with Crippen molar-refractivity contribution in [1.82, 2.24) is 9.88 Å². The van der Waals surface area contributed by atoms with Crippen molar-refractivity contribution < 1.29 is 9.53 Å². The molecule has 2 aromatic rings. The van der Waals surface area contributed by atoms with Gasteiger partial charge in [0, 0.05) is 18.9 Å². The molecule has 25 heavy (non-hydrogen) atoms. The van der Waals surface area contributed by atoms with Crippen LogP contribution in [0.15, 0.2) is 48.8 Å². The summed E-state index contributed by atoms with van der Waals surface area (Å²) < 4.78 is 5.15. The Labute approximate surface area is 148 Å². The minimum atomic E-state index is -0.755. The highest BCUT2D eigenvalue weighted by Gasteiger charge is 2.23. The molecule has 0 aliphatic carbocycles. The Morgan fingerprint density at radius 1 is 1.24 bits per heavy atom. The third-order valence-electron chi connectivity index (χ3n) is 4.65. The molecule has 1 aromatic carbocycles. The highest BCUT2D eigenvalue weighted by atomic mass is 16.5. The number of para-hydroxylation sites is 1. The maximum absolute atomic E-state index is 11.1. The zero-order valence-corrected chi connectivity index (χ0v) is 14.3. The monoisotopic (exact) mass is 338 g/mol. The van der Waals surface area contributed by atoms with Gasteiger partial charge in [0.2, 0.25) is 0 Å². The van der Waals surface area contributed by atoms with Crippen LogP contribution in [0.4, 0.5) is 4.79 Å². The summed E-state index contributed by atoms with van der Waals surface area (Å²) >= 11 is 0. The van der Waals surface area contributed by atoms with Crippen LogP contribution in [0.25, 0.3) is 0 Å². The quantitative estimate of drug-likeness (QED) is 0.878. The summed E-state index contributed by atoms with van der Waals surface area (Å²) in [6.07, 6.45) is 8.33. The third kappa shape index (κ3) is 5.03. The summed E-state index contributed by atoms with van der Waals surface area (Å²) in [6.45, 7) is 3.07. The Hall–Kier alpha value is -2.40. The molecule has 0 saturated carbocycles. The first-order valence-electron chi connectivity index (χ1n) is 8.71. The number of hydrogen-bond donors (Lipinski definition) is 1. The summed E-state index contributed by atoms with van der Waals surface area (Å²) in [5, 5.41) is 0. The maximum Gasteiger partial charge on any atom is 0.409 e. The number of aromatic nitrogens is 1. The molecule has 131 valence electrons. The van der Waals surface area contributed by atoms with Gasteiger partial charge in [-0.2, -0.15) is 0 Å². The van der Waals surface area contributed by atoms with Crippen LogP contribution in [0.5, 0.6) is 5.75 Å². The minimum Gasteiger partial charge on any atom is -0.410 e. The first-order valence-corrected chi connectivity index (χ1v) is 8.71. The average molecular weight is 338 g/mol. The zero-order valence-electron chi connectivity index (χ0n) is 14.3. The van der Waals surface area contributed by atoms with Crippen molar-refractivity contribution >= 4 is 6.09 Å². The van der Waals surface area contributed by atoms with Crippen molar-refractivity contribution in [3.8, 4) is 5.75 Å². The largest absolute Gasteiger partial charge is 0.410 e. The van der Waals surface area contributed by atoms with Crippen molar-refractivity contribution in [3.05, 3.63) is 66.3 Å². The van der Waals surface area contributed by atoms with E-state index in [1.165, 1.54) is 5.56 Å². The smallest absolute Gasteiger partial charge is 0.409 e. The van der Waals surface area contributed by atoms with Crippen LogP contribution < -0.4 is 10.5 Å². The van der Waals surface area contributed by atoms with Gasteiger partial charge in [-0.3, -0.25) is 4.98 Å². The Kier molecular flexibility index (Phi) is 6.01. The molecule has 0 atom stereocenters. The van der Waals surface area contributed by atoms with Crippen molar-refractivity contribution in [2.75, 3.05) is 19.6 Å². The van der Waals surface area contributed by atoms with Crippen LogP contribution in [-0.4, -0.2) is 35.6 Å². The van der Waals surface area contributed by atoms with Gasteiger partial charge in [-0.15, -0.1) is 0 Å². The molecule has 1 saturated heterocycles. The van der Waals surface area contributed by atoms with Gasteiger partial charge < -0.3 is 15.4 Å². The molecule has 3 rings (SSSR count). The molecule has 1 aliphatic rings. The predicted octanol–water partition coefficient (Wildman–Crippen LogP) is 3.17. The fourth-order valence-electron chi connectivity index (χ4n) is 3.38. The normalized spacial score (nSPS) is 15.8. The molecule has 1 aliphatic heterocycles. The molecule has 1 radical (unpaired) electrons. The van der Waals surface area contributed by atoms with E-state index in [9.17, 15) is 4.79 Å². The van der Waals surface area contributed by atoms with Gasteiger partial charge in [0.05, 0.1) is 0 Å². The minimum absolute atomic E-state index is 0.408. The standard InChI is InChI=1S/C20H24N3O2/c21-20(24)25-19-8-2-1-7-18(19)17-9-13-23(14-10-17)12-4-6-16-5-3-11-22-15-16/h1-5,7-8,11,15,17H,6,9-10,12-14H2,(H2,21,24). The van der Waals surface area contributed by atoms with Crippen molar-refractivity contribution in [2.45, 2.75) is 25.2 Å². The van der Waals surface area contributed by atoms with E-state index in [1.807, 2.05) is 36.5 Å². The fraction of sp³-hybridized carbons (Fsp3) is 0.350. The number of benzene rings is 1. The van der Waals surface area contributed by atoms with E-state index in [-0.39, 0.29) is 0 Å². The van der Waals surface area contributed by atoms with Gasteiger partial charge >= 0.3 is 6.09 Å². The van der Waals surface area contributed by atoms with E-state index in [2.05, 4.69) is 22.4 Å². The second-order valence-electron chi connectivity index (χ2n) is 6.39. The van der Waals surface area contributed by atoms with Gasteiger partial charge in [0.25, 0.3) is 0 Å². The molecular formula is C20H24N3O2. The number of primary amides is 1. The molecular weight excluding hydrogens is 314 g/mol. The Balaban J connectivity index is 1.48. The highest BCUT2D eigenvalue weighted by molar-refractivity contribution is 5.68. The third-order valence-corrected chi connectivity index (χ3v) is 4.65. The number of hydrogen-bond acceptors (Lipinski definition) is 4. The Morgan fingerprint density at radius 3 is 2.76 bits per heavy atom. The van der Waals surface area contributed by atoms with Gasteiger partial charge in [0.1, 0.15) is 5.75 Å². The van der Waals surface area contributed by atoms with Crippen LogP contribution in [0.3, 0.4) is 0 Å². The first kappa shape index (κ1) is 17.4. The van der Waals surface area contributed by atoms with E-state index >= 15 is 0 Å². The van der Waals surface area contributed by atoms with Crippen LogP contribution in [-0.2, 0) is 6.42 Å². The maximum atomic E-state index is 11.1. The number of ether oxygens (including phenoxy) is 1. The number of likely N-dealkylation sites (tertiary alicyclic amines) is 1. The van der Waals surface area contributed by atoms with Crippen LogP contribution in [0.2, 0.25) is 0 Å². The lowest BCUT2D eigenvalue weighted by molar-refractivity contribution is 0.207. The van der Waals surface area contributed by atoms with Gasteiger partial charge in [0.15, 0.2) is 0 Å². The topological polar surface area (TPSA) is 68.5 Å². The number of nitrogens with two attached hydrogens (primary N) is 1. The lowest BCUT2D eigenvalue weighted by atomic mass is 9.88. The molecule has 5 heteroatoms. The number of amides is 1. The van der Waals surface area contributed by atoms with Gasteiger partial charge in [-0.25, -0.2) is 4.79 Å². The van der Waals surface area contributed by atoms with E-state index in [0.717, 1.165) is 44.5 Å². The SMILES string of the molecule is NC(=O)Oc1ccccc1C1CCN(C[CH]Cc2cccnc2)CC1. The van der Waals surface area contributed by atoms with E-state index in [1.54, 1.807) is 6.20 Å². The van der Waals surface area contributed by atoms with E-state index in [0.29, 0.717) is 11.7 Å². The number of rotatable bonds is 6. The van der Waals surface area contributed by atoms with Crippen LogP contribution in [0, 0.1) is 6.42 Å². The van der Waals surface area contributed by atoms with Crippen LogP contribution in [0.1, 0.15) is 29.9 Å². The van der Waals surface area contributed by atoms with E-state index < -0.39 is 6.09 Å². The summed E-state index contributed by atoms with van der Waals surface area (Å²) in [7, 11) is 0. The number of nitrogens with zero attached hydrogens (tertiary/aromatic N) is 2. The van der Waals surface area contributed by atoms with Crippen LogP contribution >= 0.6 is 0 Å². The van der Waals surface area contributed by atoms with Gasteiger partial charge in [-0.05, 0) is 68.0 Å². The van der Waals surface area contributed by atoms with E-state index in [4.69, 9.17) is 10.5 Å². The highest BCUT2D eigenvalue weighted by Crippen LogP contribution is 2.34.